The molecule has 0 fully saturated rings. The fraction of sp³-hybridized carbons (Fsp3) is 0.308. The van der Waals surface area contributed by atoms with Gasteiger partial charge in [-0.3, -0.25) is 9.36 Å². The minimum Gasteiger partial charge on any atom is -0.385 e. The molecule has 1 unspecified atom stereocenters. The second-order valence-electron chi connectivity index (χ2n) is 4.30. The average Bonchev–Trinajstić information content (AvgIpc) is 2.99. The van der Waals surface area contributed by atoms with Crippen LogP contribution in [-0.4, -0.2) is 40.4 Å². The number of rotatable bonds is 6. The Hall–Kier alpha value is -2.25. The van der Waals surface area contributed by atoms with E-state index in [0.29, 0.717) is 18.7 Å². The van der Waals surface area contributed by atoms with Crippen molar-refractivity contribution in [2.45, 2.75) is 12.5 Å². The predicted molar refractivity (Wildman–Crippen MR) is 74.5 cm³/mol. The van der Waals surface area contributed by atoms with E-state index in [1.165, 1.54) is 0 Å². The maximum atomic E-state index is 11.9. The maximum Gasteiger partial charge on any atom is 0.241 e. The number of hydrogen-bond acceptors (Lipinski definition) is 5. The number of hydrogen-bond donors (Lipinski definition) is 2. The first kappa shape index (κ1) is 14.2. The molecule has 0 spiro atoms. The van der Waals surface area contributed by atoms with Gasteiger partial charge in [0, 0.05) is 19.4 Å². The summed E-state index contributed by atoms with van der Waals surface area (Å²) in [5, 5.41) is 10.3. The Morgan fingerprint density at radius 1 is 1.45 bits per heavy atom. The first-order valence-electron chi connectivity index (χ1n) is 6.21. The first-order valence-corrected chi connectivity index (χ1v) is 6.21. The molecule has 3 N–H and O–H groups in total. The number of nitrogens with two attached hydrogens (primary N) is 1. The van der Waals surface area contributed by atoms with E-state index in [1.54, 1.807) is 30.4 Å². The molecule has 0 aliphatic heterocycles. The highest BCUT2D eigenvalue weighted by atomic mass is 16.5. The number of nitrogens with zero attached hydrogens (tertiary/aromatic N) is 3. The van der Waals surface area contributed by atoms with Crippen molar-refractivity contribution in [2.75, 3.05) is 19.0 Å². The summed E-state index contributed by atoms with van der Waals surface area (Å²) in [6.45, 7) is 0.454. The van der Waals surface area contributed by atoms with Crippen molar-refractivity contribution in [3.8, 4) is 5.69 Å². The van der Waals surface area contributed by atoms with Crippen LogP contribution in [-0.2, 0) is 9.53 Å². The monoisotopic (exact) mass is 275 g/mol. The minimum atomic E-state index is -0.589. The molecule has 2 rings (SSSR count). The van der Waals surface area contributed by atoms with Crippen molar-refractivity contribution in [2.24, 2.45) is 5.73 Å². The summed E-state index contributed by atoms with van der Waals surface area (Å²) < 4.78 is 6.65. The summed E-state index contributed by atoms with van der Waals surface area (Å²) in [7, 11) is 1.58. The van der Waals surface area contributed by atoms with Crippen LogP contribution in [0.4, 0.5) is 5.69 Å². The molecule has 20 heavy (non-hydrogen) atoms. The zero-order valence-electron chi connectivity index (χ0n) is 11.2. The normalized spacial score (nSPS) is 12.1. The Morgan fingerprint density at radius 2 is 2.20 bits per heavy atom. The van der Waals surface area contributed by atoms with Crippen LogP contribution in [0.5, 0.6) is 0 Å². The number of amides is 1. The molecule has 1 atom stereocenters. The molecule has 0 saturated heterocycles. The molecule has 7 nitrogen and oxygen atoms in total. The third kappa shape index (κ3) is 3.62. The van der Waals surface area contributed by atoms with Crippen molar-refractivity contribution < 1.29 is 9.53 Å². The van der Waals surface area contributed by atoms with Gasteiger partial charge in [-0.2, -0.15) is 0 Å². The van der Waals surface area contributed by atoms with Gasteiger partial charge < -0.3 is 15.8 Å². The summed E-state index contributed by atoms with van der Waals surface area (Å²) >= 11 is 0. The molecule has 1 amide bonds. The first-order chi connectivity index (χ1) is 9.70. The number of methoxy groups -OCH3 is 1. The molecule has 1 heterocycles. The smallest absolute Gasteiger partial charge is 0.241 e. The molecular weight excluding hydrogens is 258 g/mol. The maximum absolute atomic E-state index is 11.9. The molecule has 1 aromatic carbocycles. The molecule has 0 saturated carbocycles. The Kier molecular flexibility index (Phi) is 4.80. The molecule has 2 aromatic rings. The van der Waals surface area contributed by atoms with E-state index in [0.717, 1.165) is 5.69 Å². The van der Waals surface area contributed by atoms with Crippen LogP contribution in [0.3, 0.4) is 0 Å². The van der Waals surface area contributed by atoms with E-state index < -0.39 is 6.04 Å². The number of ether oxygens (including phenoxy) is 1. The lowest BCUT2D eigenvalue weighted by molar-refractivity contribution is -0.117. The Morgan fingerprint density at radius 3 is 2.90 bits per heavy atom. The van der Waals surface area contributed by atoms with Crippen molar-refractivity contribution >= 4 is 11.6 Å². The van der Waals surface area contributed by atoms with E-state index in [1.807, 2.05) is 18.2 Å². The van der Waals surface area contributed by atoms with Crippen molar-refractivity contribution in [1.82, 2.24) is 14.8 Å². The minimum absolute atomic E-state index is 0.233. The number of benzene rings is 1. The Labute approximate surface area is 116 Å². The van der Waals surface area contributed by atoms with Crippen LogP contribution in [0.25, 0.3) is 5.69 Å². The van der Waals surface area contributed by atoms with Crippen molar-refractivity contribution in [3.05, 3.63) is 36.9 Å². The Balaban J connectivity index is 2.03. The molecule has 0 radical (unpaired) electrons. The van der Waals surface area contributed by atoms with E-state index >= 15 is 0 Å². The summed E-state index contributed by atoms with van der Waals surface area (Å²) in [4.78, 5) is 11.9. The number of carbonyl (C=O) groups excluding carboxylic acids is 1. The second kappa shape index (κ2) is 6.78. The Bertz CT molecular complexity index is 556. The van der Waals surface area contributed by atoms with E-state index in [2.05, 4.69) is 15.5 Å². The summed E-state index contributed by atoms with van der Waals surface area (Å²) in [5.41, 5.74) is 7.30. The fourth-order valence-electron chi connectivity index (χ4n) is 1.69. The second-order valence-corrected chi connectivity index (χ2v) is 4.30. The van der Waals surface area contributed by atoms with Gasteiger partial charge in [-0.25, -0.2) is 0 Å². The highest BCUT2D eigenvalue weighted by Crippen LogP contribution is 2.14. The van der Waals surface area contributed by atoms with Gasteiger partial charge in [0.2, 0.25) is 5.91 Å². The van der Waals surface area contributed by atoms with Crippen LogP contribution in [0.2, 0.25) is 0 Å². The molecule has 0 bridgehead atoms. The van der Waals surface area contributed by atoms with Gasteiger partial charge in [0.1, 0.15) is 12.7 Å². The average molecular weight is 275 g/mol. The highest BCUT2D eigenvalue weighted by Gasteiger charge is 2.13. The number of carbonyl (C=O) groups is 1. The van der Waals surface area contributed by atoms with Crippen LogP contribution < -0.4 is 11.1 Å². The van der Waals surface area contributed by atoms with Gasteiger partial charge in [0.15, 0.2) is 0 Å². The van der Waals surface area contributed by atoms with E-state index in [4.69, 9.17) is 10.5 Å². The molecular formula is C13H17N5O2. The van der Waals surface area contributed by atoms with E-state index in [-0.39, 0.29) is 5.91 Å². The van der Waals surface area contributed by atoms with Crippen LogP contribution in [0, 0.1) is 0 Å². The zero-order valence-corrected chi connectivity index (χ0v) is 11.2. The number of nitrogens with one attached hydrogen (secondary N) is 1. The quantitative estimate of drug-likeness (QED) is 0.803. The summed E-state index contributed by atoms with van der Waals surface area (Å²) in [6, 6.07) is 6.77. The van der Waals surface area contributed by atoms with Crippen molar-refractivity contribution in [3.63, 3.8) is 0 Å². The zero-order chi connectivity index (χ0) is 14.4. The molecule has 0 aliphatic carbocycles. The number of anilines is 1. The van der Waals surface area contributed by atoms with Gasteiger partial charge >= 0.3 is 0 Å². The molecule has 1 aromatic heterocycles. The van der Waals surface area contributed by atoms with E-state index in [9.17, 15) is 4.79 Å². The van der Waals surface area contributed by atoms with Gasteiger partial charge in [-0.1, -0.05) is 6.07 Å². The number of aromatic nitrogens is 3. The lowest BCUT2D eigenvalue weighted by atomic mass is 10.2. The largest absolute Gasteiger partial charge is 0.385 e. The van der Waals surface area contributed by atoms with Crippen LogP contribution >= 0.6 is 0 Å². The van der Waals surface area contributed by atoms with Crippen LogP contribution in [0.15, 0.2) is 36.9 Å². The SMILES string of the molecule is COCCC(N)C(=O)Nc1cccc(-n2cnnc2)c1. The van der Waals surface area contributed by atoms with Crippen LogP contribution in [0.1, 0.15) is 6.42 Å². The molecule has 106 valence electrons. The topological polar surface area (TPSA) is 95.1 Å². The molecule has 7 heteroatoms. The van der Waals surface area contributed by atoms with Gasteiger partial charge in [0.25, 0.3) is 0 Å². The fourth-order valence-corrected chi connectivity index (χ4v) is 1.69. The lowest BCUT2D eigenvalue weighted by Gasteiger charge is -2.12. The summed E-state index contributed by atoms with van der Waals surface area (Å²) in [6.07, 6.45) is 3.66. The van der Waals surface area contributed by atoms with Gasteiger partial charge in [0.05, 0.1) is 11.7 Å². The van der Waals surface area contributed by atoms with Gasteiger partial charge in [-0.05, 0) is 24.6 Å². The standard InChI is InChI=1S/C13H17N5O2/c1-20-6-5-12(14)13(19)17-10-3-2-4-11(7-10)18-8-15-16-9-18/h2-4,7-9,12H,5-6,14H2,1H3,(H,17,19). The predicted octanol–water partition coefficient (Wildman–Crippen LogP) is 0.570. The third-order valence-corrected chi connectivity index (χ3v) is 2.80. The third-order valence-electron chi connectivity index (χ3n) is 2.80. The van der Waals surface area contributed by atoms with Crippen molar-refractivity contribution in [1.29, 1.82) is 0 Å². The molecule has 0 aliphatic rings. The summed E-state index contributed by atoms with van der Waals surface area (Å²) in [5.74, 6) is -0.233. The lowest BCUT2D eigenvalue weighted by Crippen LogP contribution is -2.36. The highest BCUT2D eigenvalue weighted by molar-refractivity contribution is 5.94. The van der Waals surface area contributed by atoms with Gasteiger partial charge in [-0.15, -0.1) is 10.2 Å².